The minimum absolute atomic E-state index is 0.112. The van der Waals surface area contributed by atoms with E-state index in [-0.39, 0.29) is 23.0 Å². The van der Waals surface area contributed by atoms with Gasteiger partial charge in [0.25, 0.3) is 5.56 Å². The normalized spacial score (nSPS) is 11.0. The van der Waals surface area contributed by atoms with Gasteiger partial charge in [-0.3, -0.25) is 14.2 Å². The van der Waals surface area contributed by atoms with Gasteiger partial charge >= 0.3 is 0 Å². The van der Waals surface area contributed by atoms with Crippen molar-refractivity contribution in [3.63, 3.8) is 0 Å². The number of nitrogens with zero attached hydrogens (tertiary/aromatic N) is 3. The molecule has 1 heterocycles. The number of hydrogen-bond donors (Lipinski definition) is 0. The molecule has 3 aromatic carbocycles. The lowest BCUT2D eigenvalue weighted by Gasteiger charge is -2.19. The fourth-order valence-corrected chi connectivity index (χ4v) is 4.52. The number of carbonyl (C=O) groups excluding carboxylic acids is 1. The maximum atomic E-state index is 13.4. The van der Waals surface area contributed by atoms with E-state index in [0.29, 0.717) is 22.6 Å². The second-order valence-electron chi connectivity index (χ2n) is 8.01. The van der Waals surface area contributed by atoms with Crippen molar-refractivity contribution in [1.82, 2.24) is 14.5 Å². The molecular formula is C26H24FN3O2S. The molecule has 5 nitrogen and oxygen atoms in total. The molecule has 33 heavy (non-hydrogen) atoms. The van der Waals surface area contributed by atoms with E-state index in [1.165, 1.54) is 23.9 Å². The van der Waals surface area contributed by atoms with Crippen molar-refractivity contribution >= 4 is 28.6 Å². The Kier molecular flexibility index (Phi) is 6.60. The summed E-state index contributed by atoms with van der Waals surface area (Å²) in [6.07, 6.45) is 0. The highest BCUT2D eigenvalue weighted by Crippen LogP contribution is 2.24. The summed E-state index contributed by atoms with van der Waals surface area (Å²) < 4.78 is 14.7. The van der Waals surface area contributed by atoms with Crippen LogP contribution in [0.2, 0.25) is 0 Å². The Bertz CT molecular complexity index is 1380. The highest BCUT2D eigenvalue weighted by molar-refractivity contribution is 7.99. The number of aryl methyl sites for hydroxylation is 2. The molecule has 0 spiro atoms. The molecule has 0 aliphatic heterocycles. The zero-order valence-electron chi connectivity index (χ0n) is 18.7. The van der Waals surface area contributed by atoms with Crippen LogP contribution in [-0.4, -0.2) is 33.2 Å². The first-order valence-electron chi connectivity index (χ1n) is 10.5. The first-order chi connectivity index (χ1) is 15.8. The maximum Gasteiger partial charge on any atom is 0.266 e. The van der Waals surface area contributed by atoms with E-state index in [4.69, 9.17) is 4.98 Å². The van der Waals surface area contributed by atoms with Gasteiger partial charge in [-0.1, -0.05) is 48.2 Å². The van der Waals surface area contributed by atoms with Crippen molar-refractivity contribution in [2.45, 2.75) is 25.5 Å². The van der Waals surface area contributed by atoms with E-state index in [1.807, 2.05) is 44.2 Å². The van der Waals surface area contributed by atoms with Gasteiger partial charge in [-0.15, -0.1) is 0 Å². The number of halogens is 1. The number of fused-ring (bicyclic) bond motifs is 1. The van der Waals surface area contributed by atoms with Gasteiger partial charge in [-0.05, 0) is 60.9 Å². The molecule has 0 radical (unpaired) electrons. The third kappa shape index (κ3) is 4.98. The molecule has 0 bridgehead atoms. The Morgan fingerprint density at radius 2 is 1.79 bits per heavy atom. The number of rotatable bonds is 6. The Hall–Kier alpha value is -3.45. The monoisotopic (exact) mass is 461 g/mol. The van der Waals surface area contributed by atoms with Crippen molar-refractivity contribution in [3.8, 4) is 5.69 Å². The number of benzene rings is 3. The molecule has 1 amide bonds. The molecule has 0 saturated heterocycles. The van der Waals surface area contributed by atoms with Crippen molar-refractivity contribution in [2.24, 2.45) is 0 Å². The Morgan fingerprint density at radius 3 is 2.55 bits per heavy atom. The fraction of sp³-hybridized carbons (Fsp3) is 0.192. The molecule has 0 fully saturated rings. The van der Waals surface area contributed by atoms with Gasteiger partial charge < -0.3 is 4.90 Å². The molecule has 4 rings (SSSR count). The van der Waals surface area contributed by atoms with Gasteiger partial charge in [0.2, 0.25) is 5.91 Å². The lowest BCUT2D eigenvalue weighted by molar-refractivity contribution is -0.127. The standard InChI is InChI=1S/C26H24FN3O2S/c1-17-8-9-18(2)23(14-17)30-25(32)21-6-4-5-7-22(21)28-26(30)33-16-24(31)29(3)15-19-10-12-20(27)13-11-19/h4-14H,15-16H2,1-3H3. The van der Waals surface area contributed by atoms with Crippen molar-refractivity contribution < 1.29 is 9.18 Å². The highest BCUT2D eigenvalue weighted by atomic mass is 32.2. The lowest BCUT2D eigenvalue weighted by atomic mass is 10.1. The largest absolute Gasteiger partial charge is 0.341 e. The second-order valence-corrected chi connectivity index (χ2v) is 8.95. The SMILES string of the molecule is Cc1ccc(C)c(-n2c(SCC(=O)N(C)Cc3ccc(F)cc3)nc3ccccc3c2=O)c1. The molecule has 4 aromatic rings. The molecule has 1 aromatic heterocycles. The van der Waals surface area contributed by atoms with Crippen LogP contribution in [0.3, 0.4) is 0 Å². The molecule has 0 saturated carbocycles. The molecule has 0 aliphatic rings. The van der Waals surface area contributed by atoms with Gasteiger partial charge in [0.05, 0.1) is 22.3 Å². The Morgan fingerprint density at radius 1 is 1.06 bits per heavy atom. The number of thioether (sulfide) groups is 1. The van der Waals surface area contributed by atoms with Crippen LogP contribution in [0.25, 0.3) is 16.6 Å². The van der Waals surface area contributed by atoms with Gasteiger partial charge in [-0.2, -0.15) is 0 Å². The molecule has 7 heteroatoms. The second kappa shape index (κ2) is 9.58. The minimum atomic E-state index is -0.310. The summed E-state index contributed by atoms with van der Waals surface area (Å²) in [5.74, 6) is -0.304. The number of aromatic nitrogens is 2. The molecular weight excluding hydrogens is 437 g/mol. The van der Waals surface area contributed by atoms with E-state index >= 15 is 0 Å². The topological polar surface area (TPSA) is 55.2 Å². The smallest absolute Gasteiger partial charge is 0.266 e. The van der Waals surface area contributed by atoms with E-state index < -0.39 is 0 Å². The summed E-state index contributed by atoms with van der Waals surface area (Å²) in [4.78, 5) is 32.6. The minimum Gasteiger partial charge on any atom is -0.341 e. The average Bonchev–Trinajstić information content (AvgIpc) is 2.81. The zero-order valence-corrected chi connectivity index (χ0v) is 19.5. The zero-order chi connectivity index (χ0) is 23.5. The number of para-hydroxylation sites is 1. The molecule has 0 atom stereocenters. The summed E-state index contributed by atoms with van der Waals surface area (Å²) >= 11 is 1.24. The number of hydrogen-bond acceptors (Lipinski definition) is 4. The number of carbonyl (C=O) groups is 1. The van der Waals surface area contributed by atoms with Crippen LogP contribution in [0.4, 0.5) is 4.39 Å². The van der Waals surface area contributed by atoms with E-state index in [2.05, 4.69) is 0 Å². The van der Waals surface area contributed by atoms with Gasteiger partial charge in [0, 0.05) is 13.6 Å². The average molecular weight is 462 g/mol. The summed E-state index contributed by atoms with van der Waals surface area (Å²) in [5, 5.41) is 0.999. The molecule has 168 valence electrons. The fourth-order valence-electron chi connectivity index (χ4n) is 3.57. The van der Waals surface area contributed by atoms with Crippen LogP contribution >= 0.6 is 11.8 Å². The lowest BCUT2D eigenvalue weighted by Crippen LogP contribution is -2.28. The van der Waals surface area contributed by atoms with Crippen molar-refractivity contribution in [2.75, 3.05) is 12.8 Å². The Labute approximate surface area is 195 Å². The predicted molar refractivity (Wildman–Crippen MR) is 130 cm³/mol. The van der Waals surface area contributed by atoms with Gasteiger partial charge in [0.15, 0.2) is 5.16 Å². The van der Waals surface area contributed by atoms with Crippen molar-refractivity contribution in [1.29, 1.82) is 0 Å². The summed E-state index contributed by atoms with van der Waals surface area (Å²) in [6, 6.07) is 19.2. The van der Waals surface area contributed by atoms with Crippen LogP contribution in [-0.2, 0) is 11.3 Å². The van der Waals surface area contributed by atoms with Crippen LogP contribution in [0, 0.1) is 19.7 Å². The molecule has 0 N–H and O–H groups in total. The predicted octanol–water partition coefficient (Wildman–Crippen LogP) is 4.89. The summed E-state index contributed by atoms with van der Waals surface area (Å²) in [6.45, 7) is 4.30. The van der Waals surface area contributed by atoms with E-state index in [1.54, 1.807) is 40.8 Å². The Balaban J connectivity index is 1.65. The first-order valence-corrected chi connectivity index (χ1v) is 11.5. The van der Waals surface area contributed by atoms with Crippen LogP contribution in [0.1, 0.15) is 16.7 Å². The van der Waals surface area contributed by atoms with Gasteiger partial charge in [0.1, 0.15) is 5.82 Å². The van der Waals surface area contributed by atoms with Crippen LogP contribution < -0.4 is 5.56 Å². The van der Waals surface area contributed by atoms with Crippen LogP contribution in [0.5, 0.6) is 0 Å². The third-order valence-electron chi connectivity index (χ3n) is 5.43. The molecule has 0 unspecified atom stereocenters. The third-order valence-corrected chi connectivity index (χ3v) is 6.36. The quantitative estimate of drug-likeness (QED) is 0.303. The summed E-state index contributed by atoms with van der Waals surface area (Å²) in [5.41, 5.74) is 4.01. The first kappa shape index (κ1) is 22.7. The van der Waals surface area contributed by atoms with E-state index in [9.17, 15) is 14.0 Å². The van der Waals surface area contributed by atoms with Gasteiger partial charge in [-0.25, -0.2) is 9.37 Å². The number of amides is 1. The van der Waals surface area contributed by atoms with Crippen molar-refractivity contribution in [3.05, 3.63) is 99.6 Å². The van der Waals surface area contributed by atoms with E-state index in [0.717, 1.165) is 22.4 Å². The highest BCUT2D eigenvalue weighted by Gasteiger charge is 2.17. The molecule has 0 aliphatic carbocycles. The maximum absolute atomic E-state index is 13.4. The van der Waals surface area contributed by atoms with Crippen LogP contribution in [0.15, 0.2) is 76.7 Å². The summed E-state index contributed by atoms with van der Waals surface area (Å²) in [7, 11) is 1.71.